The maximum atomic E-state index is 14.5. The number of amides is 4. The number of likely N-dealkylation sites (tertiary alicyclic amines) is 1. The Morgan fingerprint density at radius 1 is 0.978 bits per heavy atom. The minimum atomic E-state index is -1.37. The summed E-state index contributed by atoms with van der Waals surface area (Å²) in [6.07, 6.45) is 2.41. The summed E-state index contributed by atoms with van der Waals surface area (Å²) in [5.41, 5.74) is 0.897. The van der Waals surface area contributed by atoms with Crippen LogP contribution in [0, 0.1) is 34.9 Å². The van der Waals surface area contributed by atoms with Crippen molar-refractivity contribution in [3.63, 3.8) is 0 Å². The Morgan fingerprint density at radius 3 is 2.43 bits per heavy atom. The van der Waals surface area contributed by atoms with Gasteiger partial charge >= 0.3 is 0 Å². The van der Waals surface area contributed by atoms with Crippen molar-refractivity contribution in [2.24, 2.45) is 29.1 Å². The summed E-state index contributed by atoms with van der Waals surface area (Å²) in [5, 5.41) is 11.3. The summed E-state index contributed by atoms with van der Waals surface area (Å²) in [6.45, 7) is 4.01. The van der Waals surface area contributed by atoms with Gasteiger partial charge in [-0.05, 0) is 62.4 Å². The number of phenols is 1. The lowest BCUT2D eigenvalue weighted by Crippen LogP contribution is -2.48. The molecule has 1 N–H and O–H groups in total. The van der Waals surface area contributed by atoms with E-state index in [9.17, 15) is 28.7 Å². The zero-order valence-corrected chi connectivity index (χ0v) is 26.0. The highest BCUT2D eigenvalue weighted by Gasteiger charge is 2.67. The Balaban J connectivity index is 1.33. The predicted molar refractivity (Wildman–Crippen MR) is 167 cm³/mol. The van der Waals surface area contributed by atoms with Gasteiger partial charge < -0.3 is 9.84 Å². The molecule has 46 heavy (non-hydrogen) atoms. The quantitative estimate of drug-likeness (QED) is 0.261. The van der Waals surface area contributed by atoms with E-state index >= 15 is 0 Å². The molecule has 4 aliphatic rings. The molecule has 7 rings (SSSR count). The Hall–Kier alpha value is -4.50. The maximum absolute atomic E-state index is 14.5. The first kappa shape index (κ1) is 30.2. The summed E-state index contributed by atoms with van der Waals surface area (Å²) in [7, 11) is 0. The van der Waals surface area contributed by atoms with E-state index < -0.39 is 52.6 Å². The average Bonchev–Trinajstić information content (AvgIpc) is 3.41. The Kier molecular flexibility index (Phi) is 7.27. The lowest BCUT2D eigenvalue weighted by atomic mass is 9.51. The highest BCUT2D eigenvalue weighted by Crippen LogP contribution is 2.64. The van der Waals surface area contributed by atoms with Gasteiger partial charge in [-0.2, -0.15) is 0 Å². The van der Waals surface area contributed by atoms with Gasteiger partial charge in [-0.15, -0.1) is 0 Å². The molecule has 1 saturated carbocycles. The smallest absolute Gasteiger partial charge is 0.241 e. The summed E-state index contributed by atoms with van der Waals surface area (Å²) in [5.74, 6) is -5.29. The van der Waals surface area contributed by atoms with Gasteiger partial charge in [-0.3, -0.25) is 24.1 Å². The van der Waals surface area contributed by atoms with Crippen LogP contribution in [0.5, 0.6) is 11.5 Å². The highest BCUT2D eigenvalue weighted by molar-refractivity contribution is 6.31. The molecule has 3 fully saturated rings. The molecule has 0 bridgehead atoms. The normalized spacial score (nSPS) is 28.6. The number of halogens is 2. The first-order valence-electron chi connectivity index (χ1n) is 15.4. The van der Waals surface area contributed by atoms with Crippen LogP contribution in [0.3, 0.4) is 0 Å². The van der Waals surface area contributed by atoms with Gasteiger partial charge in [0.15, 0.2) is 0 Å². The van der Waals surface area contributed by atoms with Crippen LogP contribution in [-0.4, -0.2) is 40.2 Å². The van der Waals surface area contributed by atoms with Crippen molar-refractivity contribution in [3.8, 4) is 11.5 Å². The molecule has 0 aromatic heterocycles. The summed E-state index contributed by atoms with van der Waals surface area (Å²) in [6, 6.07) is 18.2. The number of imide groups is 2. The molecule has 2 saturated heterocycles. The molecular weight excluding hydrogens is 611 g/mol. The average molecular weight is 643 g/mol. The molecule has 4 amide bonds. The monoisotopic (exact) mass is 642 g/mol. The van der Waals surface area contributed by atoms with Crippen LogP contribution in [0.25, 0.3) is 0 Å². The number of rotatable bonds is 6. The molecule has 3 aromatic rings. The van der Waals surface area contributed by atoms with Gasteiger partial charge in [-0.1, -0.05) is 59.6 Å². The highest BCUT2D eigenvalue weighted by atomic mass is 35.5. The Bertz CT molecular complexity index is 1830. The molecular formula is C36H32ClFN2O6. The first-order valence-corrected chi connectivity index (χ1v) is 15.8. The van der Waals surface area contributed by atoms with E-state index in [4.69, 9.17) is 16.3 Å². The zero-order chi connectivity index (χ0) is 32.5. The van der Waals surface area contributed by atoms with Crippen molar-refractivity contribution in [2.75, 3.05) is 11.4 Å². The van der Waals surface area contributed by atoms with Crippen molar-refractivity contribution in [1.82, 2.24) is 4.90 Å². The SMILES string of the molecule is CCN1C(=O)[C@H]2[C@H](CC=C3[C@H]2C[C@H]2C(=O)N(c4ccc(F)c(Cl)c4)C(=O)[C@@]2(C)[C@H]3c2ccc(OCc3ccccc3)cc2O)C1=O. The van der Waals surface area contributed by atoms with Crippen molar-refractivity contribution in [1.29, 1.82) is 0 Å². The number of hydrogen-bond donors (Lipinski definition) is 1. The van der Waals surface area contributed by atoms with E-state index in [0.717, 1.165) is 22.1 Å². The third-order valence-electron chi connectivity index (χ3n) is 10.4. The molecule has 2 heterocycles. The number of anilines is 1. The third-order valence-corrected chi connectivity index (χ3v) is 10.7. The second kappa shape index (κ2) is 11.1. The molecule has 2 aliphatic heterocycles. The first-order chi connectivity index (χ1) is 22.1. The van der Waals surface area contributed by atoms with Crippen LogP contribution in [0.2, 0.25) is 5.02 Å². The lowest BCUT2D eigenvalue weighted by Gasteiger charge is -2.49. The van der Waals surface area contributed by atoms with Gasteiger partial charge in [0.1, 0.15) is 23.9 Å². The number of aromatic hydroxyl groups is 1. The van der Waals surface area contributed by atoms with Crippen molar-refractivity contribution < 1.29 is 33.4 Å². The fourth-order valence-electron chi connectivity index (χ4n) is 8.20. The predicted octanol–water partition coefficient (Wildman–Crippen LogP) is 6.01. The fourth-order valence-corrected chi connectivity index (χ4v) is 8.38. The number of allylic oxidation sites excluding steroid dienone is 2. The van der Waals surface area contributed by atoms with Crippen LogP contribution >= 0.6 is 11.6 Å². The van der Waals surface area contributed by atoms with Crippen LogP contribution in [0.4, 0.5) is 10.1 Å². The van der Waals surface area contributed by atoms with Gasteiger partial charge in [0.25, 0.3) is 0 Å². The number of carbonyl (C=O) groups is 4. The van der Waals surface area contributed by atoms with E-state index in [2.05, 4.69) is 0 Å². The van der Waals surface area contributed by atoms with Gasteiger partial charge in [0, 0.05) is 24.1 Å². The van der Waals surface area contributed by atoms with Crippen LogP contribution in [0.1, 0.15) is 43.7 Å². The van der Waals surface area contributed by atoms with Gasteiger partial charge in [0.05, 0.1) is 33.9 Å². The van der Waals surface area contributed by atoms with Gasteiger partial charge in [0.2, 0.25) is 23.6 Å². The molecule has 0 spiro atoms. The molecule has 236 valence electrons. The zero-order valence-electron chi connectivity index (χ0n) is 25.3. The van der Waals surface area contributed by atoms with Crippen molar-refractivity contribution in [3.05, 3.63) is 100 Å². The Labute approximate surface area is 270 Å². The van der Waals surface area contributed by atoms with E-state index in [1.54, 1.807) is 26.0 Å². The van der Waals surface area contributed by atoms with E-state index in [1.807, 2.05) is 36.4 Å². The molecule has 0 radical (unpaired) electrons. The number of ether oxygens (including phenoxy) is 1. The molecule has 0 unspecified atom stereocenters. The summed E-state index contributed by atoms with van der Waals surface area (Å²) in [4.78, 5) is 57.9. The molecule has 3 aromatic carbocycles. The number of carbonyl (C=O) groups excluding carboxylic acids is 4. The number of fused-ring (bicyclic) bond motifs is 4. The minimum Gasteiger partial charge on any atom is -0.508 e. The van der Waals surface area contributed by atoms with E-state index in [1.165, 1.54) is 23.1 Å². The Morgan fingerprint density at radius 2 is 1.74 bits per heavy atom. The van der Waals surface area contributed by atoms with E-state index in [-0.39, 0.29) is 47.8 Å². The molecule has 2 aliphatic carbocycles. The number of phenolic OH excluding ortho intramolecular Hbond substituents is 1. The van der Waals surface area contributed by atoms with Crippen molar-refractivity contribution >= 4 is 40.9 Å². The summed E-state index contributed by atoms with van der Waals surface area (Å²) >= 11 is 6.07. The molecule has 6 atom stereocenters. The lowest BCUT2D eigenvalue weighted by molar-refractivity contribution is -0.140. The van der Waals surface area contributed by atoms with Gasteiger partial charge in [-0.25, -0.2) is 9.29 Å². The summed E-state index contributed by atoms with van der Waals surface area (Å²) < 4.78 is 20.0. The van der Waals surface area contributed by atoms with Crippen LogP contribution < -0.4 is 9.64 Å². The maximum Gasteiger partial charge on any atom is 0.241 e. The van der Waals surface area contributed by atoms with Crippen LogP contribution in [0.15, 0.2) is 78.4 Å². The topological polar surface area (TPSA) is 104 Å². The second-order valence-corrected chi connectivity index (χ2v) is 13.1. The molecule has 10 heteroatoms. The number of nitrogens with zero attached hydrogens (tertiary/aromatic N) is 2. The number of hydrogen-bond acceptors (Lipinski definition) is 6. The fraction of sp³-hybridized carbons (Fsp3) is 0.333. The standard InChI is InChI=1S/C36H32ClFN2O6/c1-3-39-32(42)24-13-12-22-25(30(24)34(39)44)17-26-33(43)40(20-9-14-28(38)27(37)15-20)35(45)36(26,2)31(22)23-11-10-21(16-29(23)41)46-18-19-7-5-4-6-8-19/h4-12,14-16,24-26,30-31,41H,3,13,17-18H2,1-2H3/t24-,25+,26-,30-,31+,36+/m0/s1. The van der Waals surface area contributed by atoms with Crippen molar-refractivity contribution in [2.45, 2.75) is 39.2 Å². The molecule has 8 nitrogen and oxygen atoms in total. The number of benzene rings is 3. The second-order valence-electron chi connectivity index (χ2n) is 12.7. The third kappa shape index (κ3) is 4.39. The largest absolute Gasteiger partial charge is 0.508 e. The minimum absolute atomic E-state index is 0.119. The van der Waals surface area contributed by atoms with Crippen LogP contribution in [-0.2, 0) is 25.8 Å². The van der Waals surface area contributed by atoms with E-state index in [0.29, 0.717) is 17.7 Å².